The summed E-state index contributed by atoms with van der Waals surface area (Å²) < 4.78 is 17.7. The average molecular weight is 667 g/mol. The van der Waals surface area contributed by atoms with Crippen LogP contribution in [0.5, 0.6) is 17.2 Å². The minimum absolute atomic E-state index is 0.0548. The number of nitrogens with one attached hydrogen (secondary N) is 1. The van der Waals surface area contributed by atoms with E-state index in [-0.39, 0.29) is 38.4 Å². The van der Waals surface area contributed by atoms with Crippen LogP contribution in [0.25, 0.3) is 0 Å². The maximum atomic E-state index is 13.2. The zero-order valence-electron chi connectivity index (χ0n) is 22.8. The monoisotopic (exact) mass is 666 g/mol. The summed E-state index contributed by atoms with van der Waals surface area (Å²) in [5.74, 6) is 0.678. The van der Waals surface area contributed by atoms with Gasteiger partial charge in [-0.15, -0.1) is 0 Å². The van der Waals surface area contributed by atoms with E-state index in [1.807, 2.05) is 46.9 Å². The number of aliphatic hydroxyl groups excluding tert-OH is 2. The largest absolute Gasteiger partial charge is 0.496 e. The van der Waals surface area contributed by atoms with Crippen molar-refractivity contribution in [1.82, 2.24) is 10.2 Å². The molecule has 0 saturated heterocycles. The second kappa shape index (κ2) is 15.0. The molecular weight excluding hydrogens is 631 g/mol. The van der Waals surface area contributed by atoms with Crippen LogP contribution in [0.3, 0.4) is 0 Å². The van der Waals surface area contributed by atoms with Crippen LogP contribution in [-0.2, 0) is 16.0 Å². The zero-order valence-corrected chi connectivity index (χ0v) is 24.9. The Morgan fingerprint density at radius 3 is 2.55 bits per heavy atom. The van der Waals surface area contributed by atoms with Crippen molar-refractivity contribution in [3.63, 3.8) is 0 Å². The minimum Gasteiger partial charge on any atom is -0.496 e. The van der Waals surface area contributed by atoms with Crippen LogP contribution < -0.4 is 19.5 Å². The summed E-state index contributed by atoms with van der Waals surface area (Å²) in [5, 5.41) is 23.4. The number of aldehydes is 1. The first-order valence-electron chi connectivity index (χ1n) is 13.0. The fourth-order valence-electron chi connectivity index (χ4n) is 4.67. The topological polar surface area (TPSA) is 135 Å². The lowest BCUT2D eigenvalue weighted by Crippen LogP contribution is -2.55. The number of benzene rings is 2. The van der Waals surface area contributed by atoms with Crippen LogP contribution >= 0.6 is 22.6 Å². The van der Waals surface area contributed by atoms with Gasteiger partial charge in [-0.2, -0.15) is 0 Å². The Labute approximate surface area is 247 Å². The Morgan fingerprint density at radius 1 is 1.18 bits per heavy atom. The SMILES string of the molecule is CCC(=O)N(CCc1ccccc1OC)C1CC(C(=O)NCCO)=CC(Oc2c(I)cc(C=O)cc2OC)C1O. The summed E-state index contributed by atoms with van der Waals surface area (Å²) in [6, 6.07) is 9.89. The molecule has 3 atom stereocenters. The molecule has 0 aliphatic heterocycles. The Balaban J connectivity index is 1.99. The summed E-state index contributed by atoms with van der Waals surface area (Å²) in [6.45, 7) is 1.85. The lowest BCUT2D eigenvalue weighted by molar-refractivity contribution is -0.138. The predicted molar refractivity (Wildman–Crippen MR) is 157 cm³/mol. The van der Waals surface area contributed by atoms with E-state index in [0.29, 0.717) is 44.7 Å². The highest BCUT2D eigenvalue weighted by Gasteiger charge is 2.40. The summed E-state index contributed by atoms with van der Waals surface area (Å²) >= 11 is 2.01. The molecule has 3 N–H and O–H groups in total. The van der Waals surface area contributed by atoms with Crippen molar-refractivity contribution in [3.05, 3.63) is 62.7 Å². The molecule has 0 spiro atoms. The van der Waals surface area contributed by atoms with Crippen molar-refractivity contribution in [2.75, 3.05) is 33.9 Å². The van der Waals surface area contributed by atoms with E-state index in [1.165, 1.54) is 19.3 Å². The number of amides is 2. The number of hydrogen-bond acceptors (Lipinski definition) is 8. The fraction of sp³-hybridized carbons (Fsp3) is 0.414. The van der Waals surface area contributed by atoms with Crippen molar-refractivity contribution in [2.24, 2.45) is 0 Å². The van der Waals surface area contributed by atoms with Gasteiger partial charge in [-0.25, -0.2) is 0 Å². The molecule has 3 unspecified atom stereocenters. The Kier molecular flexibility index (Phi) is 11.8. The van der Waals surface area contributed by atoms with E-state index in [2.05, 4.69) is 5.32 Å². The maximum absolute atomic E-state index is 13.2. The van der Waals surface area contributed by atoms with E-state index < -0.39 is 24.2 Å². The molecule has 216 valence electrons. The molecule has 2 aromatic rings. The van der Waals surface area contributed by atoms with Crippen molar-refractivity contribution in [1.29, 1.82) is 0 Å². The van der Waals surface area contributed by atoms with Crippen molar-refractivity contribution < 1.29 is 38.8 Å². The number of carbonyl (C=O) groups is 3. The summed E-state index contributed by atoms with van der Waals surface area (Å²) in [5.41, 5.74) is 1.62. The number of ether oxygens (including phenoxy) is 3. The van der Waals surface area contributed by atoms with Crippen LogP contribution in [0.2, 0.25) is 0 Å². The Hall–Kier alpha value is -3.16. The first-order chi connectivity index (χ1) is 19.3. The Bertz CT molecular complexity index is 1230. The second-order valence-corrected chi connectivity index (χ2v) is 10.3. The number of aliphatic hydroxyl groups is 2. The third-order valence-corrected chi connectivity index (χ3v) is 7.50. The number of rotatable bonds is 13. The highest BCUT2D eigenvalue weighted by atomic mass is 127. The highest BCUT2D eigenvalue weighted by Crippen LogP contribution is 2.37. The van der Waals surface area contributed by atoms with E-state index in [0.717, 1.165) is 5.56 Å². The van der Waals surface area contributed by atoms with Crippen LogP contribution in [0, 0.1) is 3.57 Å². The standard InChI is InChI=1S/C29H35IN2O8/c1-4-26(35)32(11-9-19-7-5-6-8-23(19)38-2)22-15-20(29(37)31-10-12-33)16-24(27(22)36)40-28-21(30)13-18(17-34)14-25(28)39-3/h5-8,13-14,16-17,22,24,27,33,36H,4,9-12,15H2,1-3H3,(H,31,37). The van der Waals surface area contributed by atoms with E-state index >= 15 is 0 Å². The number of halogens is 1. The predicted octanol–water partition coefficient (Wildman–Crippen LogP) is 2.52. The van der Waals surface area contributed by atoms with Crippen molar-refractivity contribution >= 4 is 40.7 Å². The minimum atomic E-state index is -1.19. The fourth-order valence-corrected chi connectivity index (χ4v) is 5.42. The molecule has 0 saturated carbocycles. The molecule has 40 heavy (non-hydrogen) atoms. The average Bonchev–Trinajstić information content (AvgIpc) is 2.97. The number of methoxy groups -OCH3 is 2. The van der Waals surface area contributed by atoms with Crippen molar-refractivity contribution in [2.45, 2.75) is 44.4 Å². The van der Waals surface area contributed by atoms with Gasteiger partial charge in [-0.3, -0.25) is 14.4 Å². The molecule has 2 aromatic carbocycles. The molecule has 0 aromatic heterocycles. The van der Waals surface area contributed by atoms with Crippen LogP contribution in [0.1, 0.15) is 35.7 Å². The molecular formula is C29H35IN2O8. The van der Waals surface area contributed by atoms with Crippen LogP contribution in [0.4, 0.5) is 0 Å². The third-order valence-electron chi connectivity index (χ3n) is 6.69. The van der Waals surface area contributed by atoms with Gasteiger partial charge in [-0.1, -0.05) is 25.1 Å². The molecule has 0 radical (unpaired) electrons. The molecule has 10 nitrogen and oxygen atoms in total. The molecule has 0 bridgehead atoms. The smallest absolute Gasteiger partial charge is 0.247 e. The normalized spacial score (nSPS) is 18.4. The number of carbonyl (C=O) groups excluding carboxylic acids is 3. The molecule has 11 heteroatoms. The second-order valence-electron chi connectivity index (χ2n) is 9.17. The van der Waals surface area contributed by atoms with Gasteiger partial charge < -0.3 is 34.6 Å². The first kappa shape index (κ1) is 31.4. The summed E-state index contributed by atoms with van der Waals surface area (Å²) in [7, 11) is 3.02. The maximum Gasteiger partial charge on any atom is 0.247 e. The van der Waals surface area contributed by atoms with Gasteiger partial charge in [-0.05, 0) is 58.9 Å². The molecule has 3 rings (SSSR count). The van der Waals surface area contributed by atoms with Gasteiger partial charge in [0.05, 0.1) is 30.4 Å². The first-order valence-corrected chi connectivity index (χ1v) is 14.0. The van der Waals surface area contributed by atoms with E-state index in [1.54, 1.807) is 25.0 Å². The number of hydrogen-bond donors (Lipinski definition) is 3. The molecule has 1 aliphatic rings. The Morgan fingerprint density at radius 2 is 1.90 bits per heavy atom. The molecule has 0 heterocycles. The van der Waals surface area contributed by atoms with Crippen molar-refractivity contribution in [3.8, 4) is 17.2 Å². The lowest BCUT2D eigenvalue weighted by atomic mass is 9.87. The van der Waals surface area contributed by atoms with E-state index in [4.69, 9.17) is 14.2 Å². The van der Waals surface area contributed by atoms with Gasteiger partial charge in [0.15, 0.2) is 11.5 Å². The van der Waals surface area contributed by atoms with Crippen LogP contribution in [-0.4, -0.2) is 85.4 Å². The molecule has 1 aliphatic carbocycles. The summed E-state index contributed by atoms with van der Waals surface area (Å²) in [6.07, 6.45) is 0.791. The van der Waals surface area contributed by atoms with Gasteiger partial charge in [0.1, 0.15) is 24.2 Å². The van der Waals surface area contributed by atoms with Gasteiger partial charge in [0.2, 0.25) is 11.8 Å². The quantitative estimate of drug-likeness (QED) is 0.220. The van der Waals surface area contributed by atoms with Gasteiger partial charge in [0.25, 0.3) is 0 Å². The van der Waals surface area contributed by atoms with E-state index in [9.17, 15) is 24.6 Å². The summed E-state index contributed by atoms with van der Waals surface area (Å²) in [4.78, 5) is 39.1. The zero-order chi connectivity index (χ0) is 29.2. The third kappa shape index (κ3) is 7.52. The number of nitrogens with zero attached hydrogens (tertiary/aromatic N) is 1. The number of para-hydroxylation sites is 1. The van der Waals surface area contributed by atoms with Gasteiger partial charge in [0, 0.05) is 37.1 Å². The van der Waals surface area contributed by atoms with Gasteiger partial charge >= 0.3 is 0 Å². The highest BCUT2D eigenvalue weighted by molar-refractivity contribution is 14.1. The van der Waals surface area contributed by atoms with Crippen LogP contribution in [0.15, 0.2) is 48.0 Å². The molecule has 0 fully saturated rings. The lowest BCUT2D eigenvalue weighted by Gasteiger charge is -2.40. The molecule has 2 amide bonds.